The van der Waals surface area contributed by atoms with Gasteiger partial charge in [-0.15, -0.1) is 0 Å². The van der Waals surface area contributed by atoms with Gasteiger partial charge in [0.2, 0.25) is 0 Å². The van der Waals surface area contributed by atoms with E-state index in [1.54, 1.807) is 11.0 Å². The molecule has 1 saturated carbocycles. The lowest BCUT2D eigenvalue weighted by molar-refractivity contribution is -0.385. The molecular weight excluding hydrogens is 256 g/mol. The van der Waals surface area contributed by atoms with Crippen molar-refractivity contribution in [3.63, 3.8) is 0 Å². The summed E-state index contributed by atoms with van der Waals surface area (Å²) in [6.07, 6.45) is 6.10. The summed E-state index contributed by atoms with van der Waals surface area (Å²) in [6.45, 7) is 1.26. The van der Waals surface area contributed by atoms with Crippen LogP contribution < -0.4 is 0 Å². The van der Waals surface area contributed by atoms with E-state index in [4.69, 9.17) is 0 Å². The van der Waals surface area contributed by atoms with Crippen LogP contribution in [0.3, 0.4) is 0 Å². The van der Waals surface area contributed by atoms with Crippen LogP contribution in [-0.2, 0) is 6.54 Å². The highest BCUT2D eigenvalue weighted by atomic mass is 16.6. The Morgan fingerprint density at radius 1 is 1.25 bits per heavy atom. The molecule has 1 heterocycles. The van der Waals surface area contributed by atoms with E-state index in [9.17, 15) is 14.9 Å². The Labute approximate surface area is 117 Å². The van der Waals surface area contributed by atoms with E-state index in [-0.39, 0.29) is 11.6 Å². The molecule has 2 aliphatic rings. The second kappa shape index (κ2) is 5.23. The van der Waals surface area contributed by atoms with Crippen molar-refractivity contribution >= 4 is 11.6 Å². The fourth-order valence-electron chi connectivity index (χ4n) is 3.38. The molecular formula is C15H18N2O3. The predicted octanol–water partition coefficient (Wildman–Crippen LogP) is 3.13. The van der Waals surface area contributed by atoms with Crippen LogP contribution in [0.5, 0.6) is 0 Å². The summed E-state index contributed by atoms with van der Waals surface area (Å²) in [4.78, 5) is 24.8. The second-order valence-corrected chi connectivity index (χ2v) is 5.76. The first kappa shape index (κ1) is 13.1. The zero-order valence-corrected chi connectivity index (χ0v) is 11.4. The van der Waals surface area contributed by atoms with Gasteiger partial charge in [-0.2, -0.15) is 0 Å². The maximum atomic E-state index is 12.4. The van der Waals surface area contributed by atoms with Crippen LogP contribution >= 0.6 is 0 Å². The van der Waals surface area contributed by atoms with Crippen molar-refractivity contribution in [2.24, 2.45) is 5.92 Å². The number of rotatable bonds is 3. The van der Waals surface area contributed by atoms with E-state index >= 15 is 0 Å². The molecule has 1 aromatic carbocycles. The lowest BCUT2D eigenvalue weighted by atomic mass is 9.89. The SMILES string of the molecule is O=C1c2c(cccc2[N+](=O)[O-])CN1CC1CCCCC1. The van der Waals surface area contributed by atoms with Crippen LogP contribution in [0.4, 0.5) is 5.69 Å². The molecule has 0 N–H and O–H groups in total. The van der Waals surface area contributed by atoms with Gasteiger partial charge in [-0.05, 0) is 24.3 Å². The third-order valence-electron chi connectivity index (χ3n) is 4.39. The molecule has 1 amide bonds. The smallest absolute Gasteiger partial charge is 0.282 e. The van der Waals surface area contributed by atoms with Gasteiger partial charge in [-0.1, -0.05) is 31.4 Å². The van der Waals surface area contributed by atoms with Crippen LogP contribution in [0.2, 0.25) is 0 Å². The molecule has 0 radical (unpaired) electrons. The molecule has 0 saturated heterocycles. The third kappa shape index (κ3) is 2.28. The number of hydrogen-bond acceptors (Lipinski definition) is 3. The third-order valence-corrected chi connectivity index (χ3v) is 4.39. The average Bonchev–Trinajstić information content (AvgIpc) is 2.77. The minimum absolute atomic E-state index is 0.0568. The second-order valence-electron chi connectivity index (χ2n) is 5.76. The minimum atomic E-state index is -0.457. The van der Waals surface area contributed by atoms with E-state index in [0.29, 0.717) is 18.0 Å². The molecule has 20 heavy (non-hydrogen) atoms. The molecule has 5 heteroatoms. The van der Waals surface area contributed by atoms with E-state index in [1.807, 2.05) is 6.07 Å². The zero-order chi connectivity index (χ0) is 14.1. The van der Waals surface area contributed by atoms with Crippen LogP contribution in [0.15, 0.2) is 18.2 Å². The summed E-state index contributed by atoms with van der Waals surface area (Å²) in [5.74, 6) is 0.388. The first-order chi connectivity index (χ1) is 9.66. The maximum Gasteiger partial charge on any atom is 0.282 e. The van der Waals surface area contributed by atoms with Gasteiger partial charge in [-0.25, -0.2) is 0 Å². The molecule has 1 fully saturated rings. The number of amides is 1. The number of nitro benzene ring substituents is 1. The molecule has 1 aliphatic carbocycles. The van der Waals surface area contributed by atoms with Gasteiger partial charge in [0.15, 0.2) is 0 Å². The number of benzene rings is 1. The summed E-state index contributed by atoms with van der Waals surface area (Å²) in [7, 11) is 0. The number of nitro groups is 1. The summed E-state index contributed by atoms with van der Waals surface area (Å²) in [5, 5.41) is 11.0. The van der Waals surface area contributed by atoms with Crippen molar-refractivity contribution in [3.05, 3.63) is 39.4 Å². The number of carbonyl (C=O) groups is 1. The molecule has 1 aliphatic heterocycles. The highest BCUT2D eigenvalue weighted by Gasteiger charge is 2.35. The van der Waals surface area contributed by atoms with Crippen LogP contribution in [0.25, 0.3) is 0 Å². The molecule has 0 aromatic heterocycles. The lowest BCUT2D eigenvalue weighted by Crippen LogP contribution is -2.31. The first-order valence-corrected chi connectivity index (χ1v) is 7.22. The normalized spacial score (nSPS) is 19.2. The van der Waals surface area contributed by atoms with E-state index in [2.05, 4.69) is 0 Å². The zero-order valence-electron chi connectivity index (χ0n) is 11.4. The van der Waals surface area contributed by atoms with Crippen molar-refractivity contribution in [3.8, 4) is 0 Å². The van der Waals surface area contributed by atoms with Crippen molar-refractivity contribution < 1.29 is 9.72 Å². The lowest BCUT2D eigenvalue weighted by Gasteiger charge is -2.26. The van der Waals surface area contributed by atoms with E-state index < -0.39 is 4.92 Å². The number of fused-ring (bicyclic) bond motifs is 1. The maximum absolute atomic E-state index is 12.4. The molecule has 0 spiro atoms. The summed E-state index contributed by atoms with van der Waals surface area (Å²) in [6, 6.07) is 4.90. The topological polar surface area (TPSA) is 63.4 Å². The predicted molar refractivity (Wildman–Crippen MR) is 74.4 cm³/mol. The molecule has 0 atom stereocenters. The largest absolute Gasteiger partial charge is 0.334 e. The van der Waals surface area contributed by atoms with Crippen molar-refractivity contribution in [1.29, 1.82) is 0 Å². The van der Waals surface area contributed by atoms with Gasteiger partial charge in [0.25, 0.3) is 11.6 Å². The standard InChI is InChI=1S/C15H18N2O3/c18-15-14-12(7-4-8-13(14)17(19)20)10-16(15)9-11-5-2-1-3-6-11/h4,7-8,11H,1-3,5-6,9-10H2. The quantitative estimate of drug-likeness (QED) is 0.628. The molecule has 3 rings (SSSR count). The average molecular weight is 274 g/mol. The molecule has 0 unspecified atom stereocenters. The fraction of sp³-hybridized carbons (Fsp3) is 0.533. The Balaban J connectivity index is 1.80. The van der Waals surface area contributed by atoms with Gasteiger partial charge in [0.1, 0.15) is 5.56 Å². The number of nitrogens with zero attached hydrogens (tertiary/aromatic N) is 2. The van der Waals surface area contributed by atoms with Gasteiger partial charge in [0, 0.05) is 19.2 Å². The molecule has 0 bridgehead atoms. The van der Waals surface area contributed by atoms with Gasteiger partial charge in [0.05, 0.1) is 4.92 Å². The Hall–Kier alpha value is -1.91. The Bertz CT molecular complexity index is 550. The van der Waals surface area contributed by atoms with Crippen LogP contribution in [0, 0.1) is 16.0 Å². The van der Waals surface area contributed by atoms with Crippen molar-refractivity contribution in [2.45, 2.75) is 38.6 Å². The molecule has 1 aromatic rings. The van der Waals surface area contributed by atoms with Crippen LogP contribution in [0.1, 0.15) is 48.0 Å². The van der Waals surface area contributed by atoms with Gasteiger partial charge < -0.3 is 4.90 Å². The van der Waals surface area contributed by atoms with Crippen LogP contribution in [-0.4, -0.2) is 22.3 Å². The van der Waals surface area contributed by atoms with E-state index in [1.165, 1.54) is 38.2 Å². The summed E-state index contributed by atoms with van der Waals surface area (Å²) < 4.78 is 0. The highest BCUT2D eigenvalue weighted by Crippen LogP contribution is 2.33. The summed E-state index contributed by atoms with van der Waals surface area (Å²) >= 11 is 0. The minimum Gasteiger partial charge on any atom is -0.334 e. The molecule has 5 nitrogen and oxygen atoms in total. The Kier molecular flexibility index (Phi) is 3.42. The Morgan fingerprint density at radius 2 is 2.00 bits per heavy atom. The Morgan fingerprint density at radius 3 is 2.70 bits per heavy atom. The fourth-order valence-corrected chi connectivity index (χ4v) is 3.38. The first-order valence-electron chi connectivity index (χ1n) is 7.22. The van der Waals surface area contributed by atoms with Crippen molar-refractivity contribution in [1.82, 2.24) is 4.90 Å². The monoisotopic (exact) mass is 274 g/mol. The summed E-state index contributed by atoms with van der Waals surface area (Å²) in [5.41, 5.74) is 1.03. The van der Waals surface area contributed by atoms with Gasteiger partial charge in [-0.3, -0.25) is 14.9 Å². The van der Waals surface area contributed by atoms with E-state index in [0.717, 1.165) is 12.1 Å². The van der Waals surface area contributed by atoms with Crippen molar-refractivity contribution in [2.75, 3.05) is 6.54 Å². The highest BCUT2D eigenvalue weighted by molar-refractivity contribution is 6.02. The number of hydrogen-bond donors (Lipinski definition) is 0. The number of carbonyl (C=O) groups excluding carboxylic acids is 1. The molecule has 106 valence electrons. The van der Waals surface area contributed by atoms with Gasteiger partial charge >= 0.3 is 0 Å².